The zero-order chi connectivity index (χ0) is 41.9. The number of rotatable bonds is 12. The summed E-state index contributed by atoms with van der Waals surface area (Å²) in [6, 6.07) is 16.6. The maximum absolute atomic E-state index is 15.7. The van der Waals surface area contributed by atoms with Crippen molar-refractivity contribution in [3.8, 4) is 11.1 Å². The van der Waals surface area contributed by atoms with E-state index < -0.39 is 57.0 Å². The number of aromatic nitrogens is 2. The van der Waals surface area contributed by atoms with E-state index in [4.69, 9.17) is 0 Å². The number of alkyl halides is 1. The van der Waals surface area contributed by atoms with Crippen LogP contribution in [0.1, 0.15) is 69.5 Å². The van der Waals surface area contributed by atoms with Crippen molar-refractivity contribution in [1.29, 1.82) is 0 Å². The van der Waals surface area contributed by atoms with Crippen LogP contribution in [-0.4, -0.2) is 89.5 Å². The Kier molecular flexibility index (Phi) is 10.2. The van der Waals surface area contributed by atoms with Crippen molar-refractivity contribution >= 4 is 56.1 Å². The second kappa shape index (κ2) is 15.5. The van der Waals surface area contributed by atoms with Crippen LogP contribution in [0.25, 0.3) is 22.2 Å². The highest BCUT2D eigenvalue weighted by Crippen LogP contribution is 2.35. The largest absolute Gasteiger partial charge is 0.371 e. The highest BCUT2D eigenvalue weighted by molar-refractivity contribution is 7.90. The number of H-pyrrole nitrogens is 1. The number of fused-ring (bicyclic) bond motifs is 2. The van der Waals surface area contributed by atoms with Crippen LogP contribution in [0.2, 0.25) is 0 Å². The first kappa shape index (κ1) is 39.4. The van der Waals surface area contributed by atoms with Gasteiger partial charge < -0.3 is 14.8 Å². The lowest BCUT2D eigenvalue weighted by Crippen LogP contribution is -2.52. The first-order chi connectivity index (χ1) is 28.8. The van der Waals surface area contributed by atoms with Gasteiger partial charge in [0.05, 0.1) is 11.3 Å². The summed E-state index contributed by atoms with van der Waals surface area (Å²) in [4.78, 5) is 61.9. The number of amides is 3. The standard InChI is InChI=1S/C43H40F3N7O6S/c44-29-14-15-52(23-29)60(58,59)50-35-11-10-34(45)38(39(35)46)40(55)33-19-48-41-32(33)17-27(18-47-41)26-6-4-24(5-7-26)2-1-3-25-20-51(21-25)30-8-9-31-28(16-30)22-53(43(31)57)36-12-13-37(54)49-42(36)56/h4-11,16-19,25,29,36,50H,1-3,12-15,20-23H2,(H,47,48)(H,49,54,56)/t29-,36?/m1/s1. The number of imide groups is 1. The average molecular weight is 840 g/mol. The van der Waals surface area contributed by atoms with Gasteiger partial charge in [-0.1, -0.05) is 24.3 Å². The Labute approximate surface area is 343 Å². The summed E-state index contributed by atoms with van der Waals surface area (Å²) in [6.45, 7) is 1.68. The molecule has 2 atom stereocenters. The number of nitrogens with zero attached hydrogens (tertiary/aromatic N) is 4. The molecular weight excluding hydrogens is 800 g/mol. The molecule has 0 spiro atoms. The van der Waals surface area contributed by atoms with Crippen LogP contribution in [0, 0.1) is 17.6 Å². The van der Waals surface area contributed by atoms with Crippen LogP contribution in [0.3, 0.4) is 0 Å². The molecule has 2 aromatic heterocycles. The lowest BCUT2D eigenvalue weighted by atomic mass is 9.91. The van der Waals surface area contributed by atoms with Gasteiger partial charge in [-0.3, -0.25) is 29.2 Å². The summed E-state index contributed by atoms with van der Waals surface area (Å²) >= 11 is 0. The number of ketones is 1. The predicted molar refractivity (Wildman–Crippen MR) is 216 cm³/mol. The van der Waals surface area contributed by atoms with E-state index in [0.717, 1.165) is 71.2 Å². The Morgan fingerprint density at radius 3 is 2.50 bits per heavy atom. The van der Waals surface area contributed by atoms with E-state index in [2.05, 4.69) is 20.2 Å². The van der Waals surface area contributed by atoms with Gasteiger partial charge in [0.1, 0.15) is 23.7 Å². The maximum atomic E-state index is 15.7. The van der Waals surface area contributed by atoms with Crippen LogP contribution in [0.4, 0.5) is 24.5 Å². The van der Waals surface area contributed by atoms with Crippen molar-refractivity contribution in [3.63, 3.8) is 0 Å². The summed E-state index contributed by atoms with van der Waals surface area (Å²) in [5.41, 5.74) is 3.90. The third kappa shape index (κ3) is 7.40. The molecule has 0 radical (unpaired) electrons. The molecule has 3 fully saturated rings. The van der Waals surface area contributed by atoms with Crippen molar-refractivity contribution in [2.24, 2.45) is 5.92 Å². The topological polar surface area (TPSA) is 165 Å². The number of aromatic amines is 1. The van der Waals surface area contributed by atoms with Gasteiger partial charge in [-0.25, -0.2) is 18.2 Å². The van der Waals surface area contributed by atoms with Crippen LogP contribution < -0.4 is 14.9 Å². The zero-order valence-electron chi connectivity index (χ0n) is 32.2. The van der Waals surface area contributed by atoms with Crippen molar-refractivity contribution in [1.82, 2.24) is 24.5 Å². The number of anilines is 2. The summed E-state index contributed by atoms with van der Waals surface area (Å²) in [7, 11) is -4.35. The lowest BCUT2D eigenvalue weighted by molar-refractivity contribution is -0.136. The van der Waals surface area contributed by atoms with E-state index in [0.29, 0.717) is 41.0 Å². The van der Waals surface area contributed by atoms with E-state index in [1.807, 2.05) is 47.2 Å². The minimum absolute atomic E-state index is 0.00205. The number of aryl methyl sites for hydroxylation is 1. The average Bonchev–Trinajstić information content (AvgIpc) is 3.94. The van der Waals surface area contributed by atoms with Crippen molar-refractivity contribution in [2.75, 3.05) is 35.8 Å². The molecule has 3 aromatic carbocycles. The monoisotopic (exact) mass is 839 g/mol. The van der Waals surface area contributed by atoms with Gasteiger partial charge in [0.15, 0.2) is 5.82 Å². The number of pyridine rings is 1. The molecule has 13 nitrogen and oxygen atoms in total. The fraction of sp³-hybridized carbons (Fsp3) is 0.326. The molecule has 6 heterocycles. The number of piperidine rings is 1. The molecule has 0 saturated carbocycles. The van der Waals surface area contributed by atoms with Crippen molar-refractivity contribution in [2.45, 2.75) is 57.3 Å². The number of hydrogen-bond donors (Lipinski definition) is 3. The number of hydrogen-bond acceptors (Lipinski definition) is 8. The first-order valence-electron chi connectivity index (χ1n) is 19.9. The molecule has 1 unspecified atom stereocenters. The number of halogens is 3. The predicted octanol–water partition coefficient (Wildman–Crippen LogP) is 5.66. The van der Waals surface area contributed by atoms with Crippen LogP contribution >= 0.6 is 0 Å². The van der Waals surface area contributed by atoms with Crippen LogP contribution in [0.15, 0.2) is 73.1 Å². The van der Waals surface area contributed by atoms with E-state index >= 15 is 8.78 Å². The zero-order valence-corrected chi connectivity index (χ0v) is 33.0. The van der Waals surface area contributed by atoms with E-state index in [-0.39, 0.29) is 43.3 Å². The van der Waals surface area contributed by atoms with E-state index in [1.54, 1.807) is 17.2 Å². The highest BCUT2D eigenvalue weighted by atomic mass is 32.2. The van der Waals surface area contributed by atoms with Crippen molar-refractivity contribution < 1.29 is 40.8 Å². The Morgan fingerprint density at radius 1 is 0.950 bits per heavy atom. The number of carbonyl (C=O) groups is 4. The second-order valence-electron chi connectivity index (χ2n) is 15.9. The molecule has 3 N–H and O–H groups in total. The van der Waals surface area contributed by atoms with Gasteiger partial charge in [-0.2, -0.15) is 12.7 Å². The van der Waals surface area contributed by atoms with Crippen LogP contribution in [-0.2, 0) is 32.8 Å². The van der Waals surface area contributed by atoms with Gasteiger partial charge in [-0.05, 0) is 91.1 Å². The summed E-state index contributed by atoms with van der Waals surface area (Å²) in [6.07, 6.45) is 5.06. The fourth-order valence-corrected chi connectivity index (χ4v) is 9.88. The molecule has 17 heteroatoms. The smallest absolute Gasteiger partial charge is 0.301 e. The van der Waals surface area contributed by atoms with Crippen molar-refractivity contribution in [3.05, 3.63) is 113 Å². The Balaban J connectivity index is 0.801. The summed E-state index contributed by atoms with van der Waals surface area (Å²) < 4.78 is 72.8. The van der Waals surface area contributed by atoms with Gasteiger partial charge in [-0.15, -0.1) is 0 Å². The van der Waals surface area contributed by atoms with Gasteiger partial charge in [0.25, 0.3) is 5.91 Å². The molecule has 4 aliphatic rings. The molecule has 3 saturated heterocycles. The minimum atomic E-state index is -4.35. The first-order valence-corrected chi connectivity index (χ1v) is 21.3. The lowest BCUT2D eigenvalue weighted by Gasteiger charge is -2.41. The number of carbonyl (C=O) groups excluding carboxylic acids is 4. The molecule has 60 heavy (non-hydrogen) atoms. The summed E-state index contributed by atoms with van der Waals surface area (Å²) in [5, 5.41) is 2.67. The quantitative estimate of drug-likeness (QED) is 0.107. The normalized spacial score (nSPS) is 19.8. The molecular formula is C43H40F3N7O6S. The number of benzene rings is 3. The number of nitrogens with one attached hydrogen (secondary N) is 3. The highest BCUT2D eigenvalue weighted by Gasteiger charge is 2.40. The third-order valence-electron chi connectivity index (χ3n) is 12.0. The molecule has 310 valence electrons. The molecule has 9 rings (SSSR count). The molecule has 0 bridgehead atoms. The third-order valence-corrected chi connectivity index (χ3v) is 13.5. The van der Waals surface area contributed by atoms with Gasteiger partial charge >= 0.3 is 10.2 Å². The summed E-state index contributed by atoms with van der Waals surface area (Å²) in [5.74, 6) is -3.94. The Hall–Kier alpha value is -6.07. The minimum Gasteiger partial charge on any atom is -0.371 e. The Morgan fingerprint density at radius 2 is 1.75 bits per heavy atom. The SMILES string of the molecule is O=C1CCC(N2Cc3cc(N4CC(CCCc5ccc(-c6cnc7[nH]cc(C(=O)c8c(F)ccc(NS(=O)(=O)N9CC[C@@H](F)C9)c8F)c7c6)cc5)C4)ccc3C2=O)C(=O)N1. The van der Waals surface area contributed by atoms with Crippen LogP contribution in [0.5, 0.6) is 0 Å². The molecule has 3 amide bonds. The van der Waals surface area contributed by atoms with Gasteiger partial charge in [0, 0.05) is 79.3 Å². The molecule has 5 aromatic rings. The molecule has 4 aliphatic heterocycles. The van der Waals surface area contributed by atoms with E-state index in [9.17, 15) is 32.0 Å². The second-order valence-corrected chi connectivity index (χ2v) is 17.6. The molecule has 0 aliphatic carbocycles. The van der Waals surface area contributed by atoms with Gasteiger partial charge in [0.2, 0.25) is 17.6 Å². The maximum Gasteiger partial charge on any atom is 0.301 e. The fourth-order valence-electron chi connectivity index (χ4n) is 8.61. The Bertz CT molecular complexity index is 2690. The van der Waals surface area contributed by atoms with E-state index in [1.165, 1.54) is 6.20 Å².